The van der Waals surface area contributed by atoms with Gasteiger partial charge in [-0.2, -0.15) is 0 Å². The van der Waals surface area contributed by atoms with Crippen LogP contribution in [0.1, 0.15) is 42.7 Å². The molecule has 1 amide bonds. The molecule has 1 fully saturated rings. The Morgan fingerprint density at radius 2 is 2.26 bits per heavy atom. The van der Waals surface area contributed by atoms with Crippen molar-refractivity contribution in [3.63, 3.8) is 0 Å². The van der Waals surface area contributed by atoms with Gasteiger partial charge >= 0.3 is 0 Å². The maximum absolute atomic E-state index is 12.5. The van der Waals surface area contributed by atoms with Crippen molar-refractivity contribution < 1.29 is 9.53 Å². The lowest BCUT2D eigenvalue weighted by Crippen LogP contribution is -2.46. The Kier molecular flexibility index (Phi) is 4.17. The fourth-order valence-corrected chi connectivity index (χ4v) is 2.67. The van der Waals surface area contributed by atoms with Crippen molar-refractivity contribution >= 4 is 5.91 Å². The van der Waals surface area contributed by atoms with Crippen molar-refractivity contribution in [2.45, 2.75) is 45.3 Å². The monoisotopic (exact) mass is 314 g/mol. The third-order valence-corrected chi connectivity index (χ3v) is 4.06. The number of hydrogen-bond donors (Lipinski definition) is 1. The van der Waals surface area contributed by atoms with E-state index in [2.05, 4.69) is 29.1 Å². The van der Waals surface area contributed by atoms with Crippen LogP contribution in [0.15, 0.2) is 30.9 Å². The molecule has 0 saturated carbocycles. The highest BCUT2D eigenvalue weighted by atomic mass is 16.5. The van der Waals surface area contributed by atoms with Gasteiger partial charge in [-0.3, -0.25) is 9.36 Å². The number of ether oxygens (including phenoxy) is 1. The van der Waals surface area contributed by atoms with E-state index in [-0.39, 0.29) is 17.6 Å². The number of hydrogen-bond acceptors (Lipinski definition) is 4. The summed E-state index contributed by atoms with van der Waals surface area (Å²) in [4.78, 5) is 21.0. The number of aryl methyl sites for hydroxylation is 1. The molecule has 0 unspecified atom stereocenters. The normalized spacial score (nSPS) is 20.2. The molecule has 1 aliphatic heterocycles. The van der Waals surface area contributed by atoms with Gasteiger partial charge in [-0.25, -0.2) is 9.97 Å². The fraction of sp³-hybridized carbons (Fsp3) is 0.471. The van der Waals surface area contributed by atoms with Crippen molar-refractivity contribution in [2.24, 2.45) is 0 Å². The molecule has 1 atom stereocenters. The van der Waals surface area contributed by atoms with E-state index in [0.29, 0.717) is 18.1 Å². The van der Waals surface area contributed by atoms with Gasteiger partial charge in [0, 0.05) is 12.4 Å². The van der Waals surface area contributed by atoms with Gasteiger partial charge in [-0.1, -0.05) is 0 Å². The number of nitrogens with zero attached hydrogens (tertiary/aromatic N) is 3. The van der Waals surface area contributed by atoms with Gasteiger partial charge in [-0.15, -0.1) is 0 Å². The van der Waals surface area contributed by atoms with Crippen molar-refractivity contribution in [1.29, 1.82) is 0 Å². The van der Waals surface area contributed by atoms with E-state index in [4.69, 9.17) is 4.74 Å². The molecule has 1 saturated heterocycles. The summed E-state index contributed by atoms with van der Waals surface area (Å²) in [6.07, 6.45) is 7.00. The molecule has 0 aromatic carbocycles. The second-order valence-corrected chi connectivity index (χ2v) is 6.64. The highest BCUT2D eigenvalue weighted by Crippen LogP contribution is 2.23. The second-order valence-electron chi connectivity index (χ2n) is 6.64. The Morgan fingerprint density at radius 1 is 1.43 bits per heavy atom. The highest BCUT2D eigenvalue weighted by Gasteiger charge is 2.28. The Hall–Kier alpha value is -2.21. The molecule has 6 heteroatoms. The molecule has 122 valence electrons. The van der Waals surface area contributed by atoms with Crippen molar-refractivity contribution in [1.82, 2.24) is 19.9 Å². The highest BCUT2D eigenvalue weighted by molar-refractivity contribution is 5.92. The van der Waals surface area contributed by atoms with Crippen LogP contribution in [-0.2, 0) is 4.74 Å². The number of pyridine rings is 1. The summed E-state index contributed by atoms with van der Waals surface area (Å²) in [6, 6.07) is 3.75. The van der Waals surface area contributed by atoms with Gasteiger partial charge in [0.05, 0.1) is 18.2 Å². The smallest absolute Gasteiger partial charge is 0.270 e. The van der Waals surface area contributed by atoms with Crippen LogP contribution < -0.4 is 5.32 Å². The number of carbonyl (C=O) groups excluding carboxylic acids is 1. The van der Waals surface area contributed by atoms with Gasteiger partial charge in [0.25, 0.3) is 5.91 Å². The van der Waals surface area contributed by atoms with Crippen molar-refractivity contribution in [3.05, 3.63) is 42.1 Å². The molecule has 0 radical (unpaired) electrons. The van der Waals surface area contributed by atoms with Crippen LogP contribution >= 0.6 is 0 Å². The Bertz CT molecular complexity index is 685. The molecule has 3 rings (SSSR count). The molecular formula is C17H22N4O2. The van der Waals surface area contributed by atoms with E-state index in [1.165, 1.54) is 0 Å². The van der Waals surface area contributed by atoms with Gasteiger partial charge in [0.2, 0.25) is 0 Å². The molecule has 23 heavy (non-hydrogen) atoms. The fourth-order valence-electron chi connectivity index (χ4n) is 2.67. The summed E-state index contributed by atoms with van der Waals surface area (Å²) in [7, 11) is 0. The number of amides is 1. The van der Waals surface area contributed by atoms with Gasteiger partial charge in [0.1, 0.15) is 17.8 Å². The zero-order valence-corrected chi connectivity index (χ0v) is 13.7. The molecule has 6 nitrogen and oxygen atoms in total. The van der Waals surface area contributed by atoms with Crippen LogP contribution in [-0.4, -0.2) is 38.7 Å². The quantitative estimate of drug-likeness (QED) is 0.943. The first-order valence-electron chi connectivity index (χ1n) is 7.85. The SMILES string of the molecule is Cc1cc(C(=O)N[C@H]2CCC(C)(C)OC2)nc(-n2ccnc2)c1. The lowest BCUT2D eigenvalue weighted by Gasteiger charge is -2.35. The molecule has 0 bridgehead atoms. The van der Waals surface area contributed by atoms with Crippen LogP contribution in [0, 0.1) is 6.92 Å². The predicted molar refractivity (Wildman–Crippen MR) is 86.6 cm³/mol. The minimum Gasteiger partial charge on any atom is -0.373 e. The summed E-state index contributed by atoms with van der Waals surface area (Å²) in [6.45, 7) is 6.64. The number of aromatic nitrogens is 3. The van der Waals surface area contributed by atoms with Crippen LogP contribution in [0.25, 0.3) is 5.82 Å². The Labute approximate surface area is 135 Å². The lowest BCUT2D eigenvalue weighted by atomic mass is 9.95. The molecule has 2 aromatic heterocycles. The van der Waals surface area contributed by atoms with Crippen LogP contribution in [0.3, 0.4) is 0 Å². The minimum absolute atomic E-state index is 0.0366. The first-order chi connectivity index (χ1) is 10.9. The third kappa shape index (κ3) is 3.76. The first kappa shape index (κ1) is 15.7. The second kappa shape index (κ2) is 6.12. The maximum Gasteiger partial charge on any atom is 0.270 e. The van der Waals surface area contributed by atoms with Gasteiger partial charge in [-0.05, 0) is 51.3 Å². The third-order valence-electron chi connectivity index (χ3n) is 4.06. The molecule has 1 N–H and O–H groups in total. The summed E-state index contributed by atoms with van der Waals surface area (Å²) in [5.74, 6) is 0.525. The van der Waals surface area contributed by atoms with Crippen molar-refractivity contribution in [3.8, 4) is 5.82 Å². The molecule has 3 heterocycles. The number of nitrogens with one attached hydrogen (secondary N) is 1. The average molecular weight is 314 g/mol. The van der Waals surface area contributed by atoms with E-state index in [9.17, 15) is 4.79 Å². The van der Waals surface area contributed by atoms with Gasteiger partial charge in [0.15, 0.2) is 0 Å². The molecular weight excluding hydrogens is 292 g/mol. The van der Waals surface area contributed by atoms with Gasteiger partial charge < -0.3 is 10.1 Å². The average Bonchev–Trinajstić information content (AvgIpc) is 3.03. The lowest BCUT2D eigenvalue weighted by molar-refractivity contribution is -0.0639. The Morgan fingerprint density at radius 3 is 2.91 bits per heavy atom. The zero-order valence-electron chi connectivity index (χ0n) is 13.7. The standard InChI is InChI=1S/C17H22N4O2/c1-12-8-14(20-15(9-12)21-7-6-18-11-21)16(22)19-13-4-5-17(2,3)23-10-13/h6-9,11,13H,4-5,10H2,1-3H3,(H,19,22)/t13-/m0/s1. The van der Waals surface area contributed by atoms with Crippen LogP contribution in [0.4, 0.5) is 0 Å². The molecule has 1 aliphatic rings. The van der Waals surface area contributed by atoms with E-state index in [1.54, 1.807) is 29.4 Å². The minimum atomic E-state index is -0.164. The Balaban J connectivity index is 1.73. The first-order valence-corrected chi connectivity index (χ1v) is 7.85. The van der Waals surface area contributed by atoms with E-state index in [0.717, 1.165) is 18.4 Å². The predicted octanol–water partition coefficient (Wildman–Crippen LogP) is 2.26. The zero-order chi connectivity index (χ0) is 16.4. The number of carbonyl (C=O) groups is 1. The molecule has 2 aromatic rings. The van der Waals surface area contributed by atoms with Crippen LogP contribution in [0.5, 0.6) is 0 Å². The van der Waals surface area contributed by atoms with E-state index < -0.39 is 0 Å². The topological polar surface area (TPSA) is 69.0 Å². The summed E-state index contributed by atoms with van der Waals surface area (Å²) < 4.78 is 7.56. The summed E-state index contributed by atoms with van der Waals surface area (Å²) in [5.41, 5.74) is 1.30. The molecule has 0 spiro atoms. The summed E-state index contributed by atoms with van der Waals surface area (Å²) in [5, 5.41) is 3.02. The number of imidazole rings is 1. The van der Waals surface area contributed by atoms with Crippen LogP contribution in [0.2, 0.25) is 0 Å². The maximum atomic E-state index is 12.5. The van der Waals surface area contributed by atoms with E-state index in [1.807, 2.05) is 13.0 Å². The summed E-state index contributed by atoms with van der Waals surface area (Å²) >= 11 is 0. The molecule has 0 aliphatic carbocycles. The van der Waals surface area contributed by atoms with E-state index >= 15 is 0 Å². The largest absolute Gasteiger partial charge is 0.373 e. The number of rotatable bonds is 3. The van der Waals surface area contributed by atoms with Crippen molar-refractivity contribution in [2.75, 3.05) is 6.61 Å².